The van der Waals surface area contributed by atoms with Crippen molar-refractivity contribution in [2.75, 3.05) is 7.11 Å². The van der Waals surface area contributed by atoms with E-state index in [0.717, 1.165) is 5.56 Å². The summed E-state index contributed by atoms with van der Waals surface area (Å²) in [6.45, 7) is 3.25. The first-order valence-electron chi connectivity index (χ1n) is 6.08. The molecule has 0 bridgehead atoms. The molecule has 0 N–H and O–H groups in total. The summed E-state index contributed by atoms with van der Waals surface area (Å²) in [4.78, 5) is 11.1. The van der Waals surface area contributed by atoms with Crippen LogP contribution in [0, 0.1) is 18.3 Å². The highest BCUT2D eigenvalue weighted by atomic mass is 32.2. The van der Waals surface area contributed by atoms with Crippen molar-refractivity contribution in [1.29, 1.82) is 5.26 Å². The van der Waals surface area contributed by atoms with Crippen LogP contribution in [-0.4, -0.2) is 26.7 Å². The zero-order chi connectivity index (χ0) is 15.3. The van der Waals surface area contributed by atoms with Gasteiger partial charge >= 0.3 is 5.97 Å². The van der Waals surface area contributed by atoms with E-state index in [-0.39, 0.29) is 12.2 Å². The van der Waals surface area contributed by atoms with Crippen molar-refractivity contribution in [2.24, 2.45) is 0 Å². The zero-order valence-electron chi connectivity index (χ0n) is 11.7. The number of esters is 1. The molecule has 0 aliphatic rings. The lowest BCUT2D eigenvalue weighted by molar-refractivity contribution is -0.140. The average Bonchev–Trinajstić information content (AvgIpc) is 2.40. The Labute approximate surface area is 119 Å². The second-order valence-corrected chi connectivity index (χ2v) is 7.07. The highest BCUT2D eigenvalue weighted by Gasteiger charge is 2.24. The minimum atomic E-state index is -3.44. The molecule has 0 heterocycles. The van der Waals surface area contributed by atoms with Crippen LogP contribution in [0.5, 0.6) is 0 Å². The van der Waals surface area contributed by atoms with E-state index >= 15 is 0 Å². The summed E-state index contributed by atoms with van der Waals surface area (Å²) in [5.41, 5.74) is 1.88. The fourth-order valence-corrected chi connectivity index (χ4v) is 3.16. The lowest BCUT2D eigenvalue weighted by Crippen LogP contribution is -2.23. The molecule has 0 saturated carbocycles. The van der Waals surface area contributed by atoms with Crippen molar-refractivity contribution >= 4 is 15.8 Å². The SMILES string of the molecule is COC(=O)CC(C)S(=O)(=O)Cc1ccc(C#N)cc1C. The average molecular weight is 295 g/mol. The van der Waals surface area contributed by atoms with Crippen molar-refractivity contribution < 1.29 is 17.9 Å². The Bertz CT molecular complexity index is 644. The minimum Gasteiger partial charge on any atom is -0.469 e. The van der Waals surface area contributed by atoms with Crippen LogP contribution < -0.4 is 0 Å². The van der Waals surface area contributed by atoms with Gasteiger partial charge in [0.05, 0.1) is 36.2 Å². The summed E-state index contributed by atoms with van der Waals surface area (Å²) in [6.07, 6.45) is -0.159. The zero-order valence-corrected chi connectivity index (χ0v) is 12.5. The van der Waals surface area contributed by atoms with Crippen molar-refractivity contribution in [3.8, 4) is 6.07 Å². The number of nitrogens with zero attached hydrogens (tertiary/aromatic N) is 1. The molecule has 5 nitrogen and oxygen atoms in total. The van der Waals surface area contributed by atoms with Crippen LogP contribution >= 0.6 is 0 Å². The molecule has 0 aromatic heterocycles. The maximum Gasteiger partial charge on any atom is 0.306 e. The summed E-state index contributed by atoms with van der Waals surface area (Å²) >= 11 is 0. The molecule has 1 aromatic carbocycles. The summed E-state index contributed by atoms with van der Waals surface area (Å²) in [6, 6.07) is 6.87. The number of nitriles is 1. The van der Waals surface area contributed by atoms with Gasteiger partial charge < -0.3 is 4.74 Å². The van der Waals surface area contributed by atoms with Crippen LogP contribution in [0.2, 0.25) is 0 Å². The number of ether oxygens (including phenoxy) is 1. The Kier molecular flexibility index (Phi) is 5.28. The largest absolute Gasteiger partial charge is 0.469 e. The van der Waals surface area contributed by atoms with Gasteiger partial charge in [0.1, 0.15) is 0 Å². The standard InChI is InChI=1S/C14H17NO4S/c1-10-6-12(8-15)4-5-13(10)9-20(17,18)11(2)7-14(16)19-3/h4-6,11H,7,9H2,1-3H3. The van der Waals surface area contributed by atoms with Crippen molar-refractivity contribution in [1.82, 2.24) is 0 Å². The van der Waals surface area contributed by atoms with Crippen LogP contribution in [0.3, 0.4) is 0 Å². The fraction of sp³-hybridized carbons (Fsp3) is 0.429. The molecule has 0 aliphatic heterocycles. The highest BCUT2D eigenvalue weighted by molar-refractivity contribution is 7.91. The Morgan fingerprint density at radius 2 is 2.10 bits per heavy atom. The molecular weight excluding hydrogens is 278 g/mol. The number of methoxy groups -OCH3 is 1. The topological polar surface area (TPSA) is 84.2 Å². The van der Waals surface area contributed by atoms with Crippen LogP contribution in [0.4, 0.5) is 0 Å². The molecule has 0 amide bonds. The molecule has 1 rings (SSSR count). The summed E-state index contributed by atoms with van der Waals surface area (Å²) in [5.74, 6) is -0.694. The van der Waals surface area contributed by atoms with Crippen LogP contribution in [0.15, 0.2) is 18.2 Å². The van der Waals surface area contributed by atoms with Gasteiger partial charge in [0.15, 0.2) is 9.84 Å². The van der Waals surface area contributed by atoms with Crippen molar-refractivity contribution in [2.45, 2.75) is 31.3 Å². The van der Waals surface area contributed by atoms with Crippen LogP contribution in [-0.2, 0) is 25.1 Å². The number of hydrogen-bond acceptors (Lipinski definition) is 5. The number of benzene rings is 1. The predicted octanol–water partition coefficient (Wildman–Crippen LogP) is 1.73. The van der Waals surface area contributed by atoms with Crippen LogP contribution in [0.1, 0.15) is 30.0 Å². The smallest absolute Gasteiger partial charge is 0.306 e. The number of sulfone groups is 1. The molecule has 1 atom stereocenters. The Balaban J connectivity index is 2.91. The van der Waals surface area contributed by atoms with Gasteiger partial charge in [-0.15, -0.1) is 0 Å². The number of carbonyl (C=O) groups excluding carboxylic acids is 1. The second-order valence-electron chi connectivity index (χ2n) is 4.65. The third kappa shape index (κ3) is 4.07. The van der Waals surface area contributed by atoms with E-state index in [4.69, 9.17) is 5.26 Å². The predicted molar refractivity (Wildman–Crippen MR) is 74.6 cm³/mol. The molecule has 0 radical (unpaired) electrons. The van der Waals surface area contributed by atoms with E-state index < -0.39 is 21.1 Å². The van der Waals surface area contributed by atoms with E-state index in [1.54, 1.807) is 25.1 Å². The van der Waals surface area contributed by atoms with E-state index in [1.807, 2.05) is 6.07 Å². The van der Waals surface area contributed by atoms with Crippen molar-refractivity contribution in [3.05, 3.63) is 34.9 Å². The number of carbonyl (C=O) groups is 1. The summed E-state index contributed by atoms with van der Waals surface area (Å²) in [7, 11) is -2.22. The minimum absolute atomic E-state index is 0.150. The number of hydrogen-bond donors (Lipinski definition) is 0. The molecule has 20 heavy (non-hydrogen) atoms. The molecule has 6 heteroatoms. The molecular formula is C14H17NO4S. The number of rotatable bonds is 5. The first kappa shape index (κ1) is 16.2. The van der Waals surface area contributed by atoms with E-state index in [1.165, 1.54) is 14.0 Å². The third-order valence-corrected chi connectivity index (χ3v) is 5.23. The van der Waals surface area contributed by atoms with Crippen LogP contribution in [0.25, 0.3) is 0 Å². The van der Waals surface area contributed by atoms with Gasteiger partial charge in [-0.2, -0.15) is 5.26 Å². The van der Waals surface area contributed by atoms with E-state index in [2.05, 4.69) is 4.74 Å². The Hall–Kier alpha value is -1.87. The molecule has 108 valence electrons. The second kappa shape index (κ2) is 6.53. The fourth-order valence-electron chi connectivity index (χ4n) is 1.73. The maximum absolute atomic E-state index is 12.2. The maximum atomic E-state index is 12.2. The third-order valence-electron chi connectivity index (χ3n) is 3.12. The van der Waals surface area contributed by atoms with Gasteiger partial charge in [0.2, 0.25) is 0 Å². The molecule has 0 saturated heterocycles. The Morgan fingerprint density at radius 3 is 2.60 bits per heavy atom. The molecule has 0 aliphatic carbocycles. The Morgan fingerprint density at radius 1 is 1.45 bits per heavy atom. The van der Waals surface area contributed by atoms with E-state index in [9.17, 15) is 13.2 Å². The monoisotopic (exact) mass is 295 g/mol. The van der Waals surface area contributed by atoms with Gasteiger partial charge in [-0.25, -0.2) is 8.42 Å². The number of aryl methyl sites for hydroxylation is 1. The van der Waals surface area contributed by atoms with Gasteiger partial charge in [0.25, 0.3) is 0 Å². The quantitative estimate of drug-likeness (QED) is 0.772. The lowest BCUT2D eigenvalue weighted by atomic mass is 10.1. The van der Waals surface area contributed by atoms with E-state index in [0.29, 0.717) is 11.1 Å². The van der Waals surface area contributed by atoms with Gasteiger partial charge in [0, 0.05) is 0 Å². The first-order valence-corrected chi connectivity index (χ1v) is 7.79. The highest BCUT2D eigenvalue weighted by Crippen LogP contribution is 2.18. The first-order chi connectivity index (χ1) is 9.30. The van der Waals surface area contributed by atoms with Gasteiger partial charge in [-0.1, -0.05) is 6.07 Å². The molecule has 0 fully saturated rings. The lowest BCUT2D eigenvalue weighted by Gasteiger charge is -2.13. The van der Waals surface area contributed by atoms with Gasteiger partial charge in [-0.05, 0) is 37.1 Å². The van der Waals surface area contributed by atoms with Gasteiger partial charge in [-0.3, -0.25) is 4.79 Å². The summed E-state index contributed by atoms with van der Waals surface area (Å²) in [5, 5.41) is 7.98. The molecule has 0 spiro atoms. The summed E-state index contributed by atoms with van der Waals surface area (Å²) < 4.78 is 28.9. The normalized spacial score (nSPS) is 12.5. The molecule has 1 unspecified atom stereocenters. The molecule has 1 aromatic rings. The van der Waals surface area contributed by atoms with Crippen molar-refractivity contribution in [3.63, 3.8) is 0 Å².